The lowest BCUT2D eigenvalue weighted by atomic mass is 10.0. The molecule has 0 spiro atoms. The Balaban J connectivity index is 1.90. The van der Waals surface area contributed by atoms with E-state index in [0.29, 0.717) is 25.3 Å². The van der Waals surface area contributed by atoms with Crippen molar-refractivity contribution in [3.05, 3.63) is 99.5 Å². The zero-order valence-electron chi connectivity index (χ0n) is 21.3. The van der Waals surface area contributed by atoms with E-state index in [1.165, 1.54) is 5.56 Å². The van der Waals surface area contributed by atoms with Crippen molar-refractivity contribution in [3.8, 4) is 5.75 Å². The Morgan fingerprint density at radius 3 is 2.36 bits per heavy atom. The summed E-state index contributed by atoms with van der Waals surface area (Å²) in [4.78, 5) is 28.7. The Morgan fingerprint density at radius 1 is 0.972 bits per heavy atom. The summed E-state index contributed by atoms with van der Waals surface area (Å²) in [5, 5.41) is 3.00. The molecular weight excluding hydrogens is 516 g/mol. The van der Waals surface area contributed by atoms with Gasteiger partial charge in [0.2, 0.25) is 5.91 Å². The van der Waals surface area contributed by atoms with Crippen LogP contribution in [0.15, 0.2) is 77.3 Å². The van der Waals surface area contributed by atoms with Crippen LogP contribution in [0.1, 0.15) is 42.5 Å². The summed E-state index contributed by atoms with van der Waals surface area (Å²) in [6.07, 6.45) is 2.15. The minimum absolute atomic E-state index is 0.156. The Labute approximate surface area is 223 Å². The highest BCUT2D eigenvalue weighted by molar-refractivity contribution is 9.10. The molecule has 6 heteroatoms. The highest BCUT2D eigenvalue weighted by Gasteiger charge is 2.31. The molecule has 36 heavy (non-hydrogen) atoms. The molecule has 0 unspecified atom stereocenters. The highest BCUT2D eigenvalue weighted by atomic mass is 79.9. The zero-order chi connectivity index (χ0) is 25.9. The lowest BCUT2D eigenvalue weighted by Crippen LogP contribution is -2.51. The first-order valence-corrected chi connectivity index (χ1v) is 13.3. The van der Waals surface area contributed by atoms with Crippen molar-refractivity contribution < 1.29 is 14.3 Å². The van der Waals surface area contributed by atoms with Crippen LogP contribution in [0.3, 0.4) is 0 Å². The summed E-state index contributed by atoms with van der Waals surface area (Å²) in [5.41, 5.74) is 4.25. The normalized spacial score (nSPS) is 11.6. The van der Waals surface area contributed by atoms with Crippen LogP contribution in [0.5, 0.6) is 5.75 Å². The van der Waals surface area contributed by atoms with Crippen molar-refractivity contribution in [3.63, 3.8) is 0 Å². The molecule has 5 nitrogen and oxygen atoms in total. The molecule has 1 N–H and O–H groups in total. The highest BCUT2D eigenvalue weighted by Crippen LogP contribution is 2.26. The number of benzene rings is 3. The molecule has 0 radical (unpaired) electrons. The largest absolute Gasteiger partial charge is 0.483 e. The molecule has 0 fully saturated rings. The molecule has 0 aliphatic heterocycles. The van der Waals surface area contributed by atoms with Gasteiger partial charge in [-0.25, -0.2) is 0 Å². The lowest BCUT2D eigenvalue weighted by molar-refractivity contribution is -0.142. The van der Waals surface area contributed by atoms with E-state index >= 15 is 0 Å². The van der Waals surface area contributed by atoms with Gasteiger partial charge in [-0.3, -0.25) is 9.59 Å². The first-order valence-electron chi connectivity index (χ1n) is 12.5. The molecule has 0 aromatic heterocycles. The quantitative estimate of drug-likeness (QED) is 0.307. The molecule has 3 aromatic carbocycles. The van der Waals surface area contributed by atoms with E-state index in [9.17, 15) is 9.59 Å². The van der Waals surface area contributed by atoms with E-state index in [2.05, 4.69) is 28.2 Å². The third-order valence-electron chi connectivity index (χ3n) is 6.18. The van der Waals surface area contributed by atoms with Gasteiger partial charge >= 0.3 is 0 Å². The molecule has 3 aromatic rings. The molecule has 190 valence electrons. The van der Waals surface area contributed by atoms with E-state index in [1.54, 1.807) is 4.90 Å². The second-order valence-corrected chi connectivity index (χ2v) is 9.71. The van der Waals surface area contributed by atoms with E-state index < -0.39 is 6.04 Å². The van der Waals surface area contributed by atoms with Crippen LogP contribution >= 0.6 is 15.9 Å². The summed E-state index contributed by atoms with van der Waals surface area (Å²) in [6.45, 7) is 6.84. The van der Waals surface area contributed by atoms with Crippen molar-refractivity contribution in [2.24, 2.45) is 0 Å². The number of carbonyl (C=O) groups excluding carboxylic acids is 2. The Morgan fingerprint density at radius 2 is 1.69 bits per heavy atom. The Kier molecular flexibility index (Phi) is 10.6. The lowest BCUT2D eigenvalue weighted by Gasteiger charge is -2.32. The number of halogens is 1. The molecular formula is C30H35BrN2O3. The van der Waals surface area contributed by atoms with Crippen LogP contribution in [0.25, 0.3) is 0 Å². The average Bonchev–Trinajstić information content (AvgIpc) is 2.89. The topological polar surface area (TPSA) is 58.6 Å². The molecule has 0 aliphatic carbocycles. The molecule has 0 bridgehead atoms. The fraction of sp³-hybridized carbons (Fsp3) is 0.333. The van der Waals surface area contributed by atoms with Crippen LogP contribution in [0.4, 0.5) is 0 Å². The summed E-state index contributed by atoms with van der Waals surface area (Å²) < 4.78 is 6.75. The maximum absolute atomic E-state index is 13.7. The third-order valence-corrected chi connectivity index (χ3v) is 6.80. The van der Waals surface area contributed by atoms with E-state index in [-0.39, 0.29) is 18.4 Å². The minimum Gasteiger partial charge on any atom is -0.483 e. The molecule has 2 amide bonds. The predicted molar refractivity (Wildman–Crippen MR) is 148 cm³/mol. The number of aryl methyl sites for hydroxylation is 2. The number of nitrogens with zero attached hydrogens (tertiary/aromatic N) is 1. The maximum Gasteiger partial charge on any atom is 0.261 e. The zero-order valence-corrected chi connectivity index (χ0v) is 22.9. The van der Waals surface area contributed by atoms with Gasteiger partial charge in [-0.15, -0.1) is 0 Å². The van der Waals surface area contributed by atoms with Gasteiger partial charge < -0.3 is 15.0 Å². The van der Waals surface area contributed by atoms with E-state index in [4.69, 9.17) is 4.74 Å². The minimum atomic E-state index is -0.666. The molecule has 0 aliphatic rings. The molecule has 0 heterocycles. The number of amides is 2. The molecule has 1 atom stereocenters. The van der Waals surface area contributed by atoms with Gasteiger partial charge in [0.15, 0.2) is 6.61 Å². The second-order valence-electron chi connectivity index (χ2n) is 8.85. The smallest absolute Gasteiger partial charge is 0.261 e. The fourth-order valence-electron chi connectivity index (χ4n) is 3.99. The van der Waals surface area contributed by atoms with Crippen LogP contribution in [0.2, 0.25) is 0 Å². The summed E-state index contributed by atoms with van der Waals surface area (Å²) in [6, 6.07) is 23.0. The third kappa shape index (κ3) is 7.69. The van der Waals surface area contributed by atoms with Crippen molar-refractivity contribution in [1.82, 2.24) is 10.2 Å². The van der Waals surface area contributed by atoms with Crippen LogP contribution in [-0.4, -0.2) is 35.9 Å². The summed E-state index contributed by atoms with van der Waals surface area (Å²) in [5.74, 6) is 0.208. The van der Waals surface area contributed by atoms with Crippen molar-refractivity contribution in [1.29, 1.82) is 0 Å². The van der Waals surface area contributed by atoms with Gasteiger partial charge in [0.25, 0.3) is 5.91 Å². The summed E-state index contributed by atoms with van der Waals surface area (Å²) >= 11 is 3.55. The number of rotatable bonds is 12. The fourth-order valence-corrected chi connectivity index (χ4v) is 4.54. The van der Waals surface area contributed by atoms with Gasteiger partial charge in [-0.05, 0) is 70.1 Å². The molecule has 0 saturated carbocycles. The first kappa shape index (κ1) is 27.5. The first-order chi connectivity index (χ1) is 17.4. The monoisotopic (exact) mass is 550 g/mol. The standard InChI is InChI=1S/C30H35BrN2O3/c1-4-17-32-30(35)27(19-24-12-7-6-8-13-24)33(20-25-14-10-9-11-22(25)3)29(34)21-36-28-16-15-23(5-2)18-26(28)31/h6-16,18,27H,4-5,17,19-21H2,1-3H3,(H,32,35)/t27-/m0/s1. The maximum atomic E-state index is 13.7. The van der Waals surface area contributed by atoms with Crippen LogP contribution < -0.4 is 10.1 Å². The second kappa shape index (κ2) is 13.8. The number of hydrogen-bond acceptors (Lipinski definition) is 3. The molecule has 0 saturated heterocycles. The van der Waals surface area contributed by atoms with Gasteiger partial charge in [0, 0.05) is 19.5 Å². The van der Waals surface area contributed by atoms with Gasteiger partial charge in [-0.2, -0.15) is 0 Å². The molecule has 3 rings (SSSR count). The van der Waals surface area contributed by atoms with Crippen LogP contribution in [-0.2, 0) is 29.0 Å². The number of ether oxygens (including phenoxy) is 1. The van der Waals surface area contributed by atoms with E-state index in [1.807, 2.05) is 86.6 Å². The SMILES string of the molecule is CCCNC(=O)[C@H](Cc1ccccc1)N(Cc1ccccc1C)C(=O)COc1ccc(CC)cc1Br. The van der Waals surface area contributed by atoms with Crippen molar-refractivity contribution >= 4 is 27.7 Å². The van der Waals surface area contributed by atoms with Crippen LogP contribution in [0, 0.1) is 6.92 Å². The summed E-state index contributed by atoms with van der Waals surface area (Å²) in [7, 11) is 0. The van der Waals surface area contributed by atoms with Crippen molar-refractivity contribution in [2.45, 2.75) is 52.6 Å². The predicted octanol–water partition coefficient (Wildman–Crippen LogP) is 5.87. The number of nitrogens with one attached hydrogen (secondary N) is 1. The Hall–Kier alpha value is -3.12. The Bertz CT molecular complexity index is 1150. The van der Waals surface area contributed by atoms with Crippen molar-refractivity contribution in [2.75, 3.05) is 13.2 Å². The number of hydrogen-bond donors (Lipinski definition) is 1. The van der Waals surface area contributed by atoms with Gasteiger partial charge in [0.1, 0.15) is 11.8 Å². The number of carbonyl (C=O) groups is 2. The van der Waals surface area contributed by atoms with E-state index in [0.717, 1.165) is 34.0 Å². The van der Waals surface area contributed by atoms with Gasteiger partial charge in [-0.1, -0.05) is 74.5 Å². The van der Waals surface area contributed by atoms with Gasteiger partial charge in [0.05, 0.1) is 4.47 Å². The average molecular weight is 552 g/mol.